The summed E-state index contributed by atoms with van der Waals surface area (Å²) >= 11 is 2.96. The Morgan fingerprint density at radius 1 is 1.19 bits per heavy atom. The molecule has 0 aliphatic rings. The van der Waals surface area contributed by atoms with E-state index in [2.05, 4.69) is 15.9 Å². The third-order valence-corrected chi connectivity index (χ3v) is 3.57. The summed E-state index contributed by atoms with van der Waals surface area (Å²) in [5.41, 5.74) is 3.91. The van der Waals surface area contributed by atoms with E-state index >= 15 is 0 Å². The Labute approximate surface area is 126 Å². The van der Waals surface area contributed by atoms with Crippen LogP contribution in [0, 0.1) is 11.6 Å². The first-order valence-corrected chi connectivity index (χ1v) is 6.87. The van der Waals surface area contributed by atoms with Crippen LogP contribution in [0.5, 0.6) is 0 Å². The van der Waals surface area contributed by atoms with Crippen LogP contribution in [-0.2, 0) is 13.1 Å². The van der Waals surface area contributed by atoms with Gasteiger partial charge in [0.1, 0.15) is 11.6 Å². The second-order valence-electron chi connectivity index (χ2n) is 4.33. The van der Waals surface area contributed by atoms with Crippen LogP contribution < -0.4 is 17.0 Å². The first-order valence-electron chi connectivity index (χ1n) is 6.08. The van der Waals surface area contributed by atoms with Gasteiger partial charge >= 0.3 is 5.69 Å². The smallest absolute Gasteiger partial charge is 0.329 e. The zero-order chi connectivity index (χ0) is 15.6. The highest BCUT2D eigenvalue weighted by Gasteiger charge is 2.14. The summed E-state index contributed by atoms with van der Waals surface area (Å²) in [6, 6.07) is 3.50. The zero-order valence-corrected chi connectivity index (χ0v) is 12.4. The van der Waals surface area contributed by atoms with Crippen LogP contribution in [0.4, 0.5) is 8.78 Å². The molecule has 1 aromatic carbocycles. The fourth-order valence-electron chi connectivity index (χ4n) is 1.90. The molecular weight excluding hydrogens is 348 g/mol. The van der Waals surface area contributed by atoms with E-state index in [9.17, 15) is 18.4 Å². The van der Waals surface area contributed by atoms with Crippen molar-refractivity contribution in [2.45, 2.75) is 13.1 Å². The molecule has 0 saturated carbocycles. The van der Waals surface area contributed by atoms with Crippen molar-refractivity contribution in [1.29, 1.82) is 0 Å². The lowest BCUT2D eigenvalue weighted by molar-refractivity contribution is 0.521. The second-order valence-corrected chi connectivity index (χ2v) is 5.18. The molecule has 112 valence electrons. The van der Waals surface area contributed by atoms with E-state index in [1.54, 1.807) is 0 Å². The molecule has 0 unspecified atom stereocenters. The summed E-state index contributed by atoms with van der Waals surface area (Å²) in [7, 11) is 0. The summed E-state index contributed by atoms with van der Waals surface area (Å²) in [5.74, 6) is -1.54. The van der Waals surface area contributed by atoms with Crippen molar-refractivity contribution in [1.82, 2.24) is 9.13 Å². The van der Waals surface area contributed by atoms with E-state index in [0.29, 0.717) is 0 Å². The van der Waals surface area contributed by atoms with Gasteiger partial charge in [0.15, 0.2) is 0 Å². The Kier molecular flexibility index (Phi) is 4.69. The number of aromatic nitrogens is 2. The van der Waals surface area contributed by atoms with Gasteiger partial charge in [-0.1, -0.05) is 0 Å². The summed E-state index contributed by atoms with van der Waals surface area (Å²) < 4.78 is 29.7. The van der Waals surface area contributed by atoms with Gasteiger partial charge in [-0.25, -0.2) is 13.6 Å². The van der Waals surface area contributed by atoms with Gasteiger partial charge in [0, 0.05) is 30.9 Å². The Balaban J connectivity index is 2.51. The highest BCUT2D eigenvalue weighted by molar-refractivity contribution is 9.10. The lowest BCUT2D eigenvalue weighted by atomic mass is 10.2. The van der Waals surface area contributed by atoms with E-state index in [1.807, 2.05) is 0 Å². The van der Waals surface area contributed by atoms with Gasteiger partial charge in [0.05, 0.1) is 11.0 Å². The highest BCUT2D eigenvalue weighted by Crippen LogP contribution is 2.21. The van der Waals surface area contributed by atoms with Crippen LogP contribution in [0.25, 0.3) is 0 Å². The molecule has 0 saturated heterocycles. The minimum atomic E-state index is -0.779. The maximum atomic E-state index is 13.9. The fourth-order valence-corrected chi connectivity index (χ4v) is 2.27. The maximum absolute atomic E-state index is 13.9. The van der Waals surface area contributed by atoms with Crippen LogP contribution >= 0.6 is 15.9 Å². The fraction of sp³-hybridized carbons (Fsp3) is 0.231. The summed E-state index contributed by atoms with van der Waals surface area (Å²) in [5, 5.41) is 0. The molecule has 0 aliphatic carbocycles. The number of hydrogen-bond donors (Lipinski definition) is 1. The van der Waals surface area contributed by atoms with Crippen molar-refractivity contribution in [3.63, 3.8) is 0 Å². The van der Waals surface area contributed by atoms with Gasteiger partial charge in [-0.05, 0) is 28.1 Å². The molecule has 0 amide bonds. The normalized spacial score (nSPS) is 10.9. The van der Waals surface area contributed by atoms with Crippen molar-refractivity contribution in [2.75, 3.05) is 6.54 Å². The van der Waals surface area contributed by atoms with Crippen molar-refractivity contribution >= 4 is 15.9 Å². The molecular formula is C13H12BrF2N3O2. The SMILES string of the molecule is NCCn1c(=O)ccn(Cc2c(F)ccc(Br)c2F)c1=O. The van der Waals surface area contributed by atoms with E-state index in [0.717, 1.165) is 21.3 Å². The molecule has 0 radical (unpaired) electrons. The number of hydrogen-bond acceptors (Lipinski definition) is 3. The molecule has 0 bridgehead atoms. The predicted octanol–water partition coefficient (Wildman–Crippen LogP) is 1.06. The molecule has 8 heteroatoms. The number of nitrogens with two attached hydrogens (primary N) is 1. The monoisotopic (exact) mass is 359 g/mol. The molecule has 0 fully saturated rings. The summed E-state index contributed by atoms with van der Waals surface area (Å²) in [6.45, 7) is -0.165. The molecule has 2 rings (SSSR count). The highest BCUT2D eigenvalue weighted by atomic mass is 79.9. The van der Waals surface area contributed by atoms with Crippen LogP contribution in [0.2, 0.25) is 0 Å². The van der Waals surface area contributed by atoms with E-state index in [-0.39, 0.29) is 29.7 Å². The Bertz CT molecular complexity index is 786. The minimum Gasteiger partial charge on any atom is -0.329 e. The van der Waals surface area contributed by atoms with Crippen molar-refractivity contribution in [2.24, 2.45) is 5.73 Å². The summed E-state index contributed by atoms with van der Waals surface area (Å²) in [6.07, 6.45) is 1.21. The standard InChI is InChI=1S/C13H12BrF2N3O2/c14-9-1-2-10(15)8(12(9)16)7-18-5-3-11(20)19(6-4-17)13(18)21/h1-3,5H,4,6-7,17H2. The molecule has 21 heavy (non-hydrogen) atoms. The van der Waals surface area contributed by atoms with Crippen molar-refractivity contribution < 1.29 is 8.78 Å². The molecule has 1 aromatic heterocycles. The number of rotatable bonds is 4. The minimum absolute atomic E-state index is 0.0436. The molecule has 0 atom stereocenters. The van der Waals surface area contributed by atoms with E-state index in [4.69, 9.17) is 5.73 Å². The van der Waals surface area contributed by atoms with Crippen LogP contribution in [0.3, 0.4) is 0 Å². The molecule has 2 N–H and O–H groups in total. The van der Waals surface area contributed by atoms with Crippen molar-refractivity contribution in [3.8, 4) is 0 Å². The van der Waals surface area contributed by atoms with Gasteiger partial charge < -0.3 is 5.73 Å². The number of halogens is 3. The average molecular weight is 360 g/mol. The van der Waals surface area contributed by atoms with Gasteiger partial charge in [0.25, 0.3) is 5.56 Å². The molecule has 5 nitrogen and oxygen atoms in total. The van der Waals surface area contributed by atoms with Crippen LogP contribution in [0.15, 0.2) is 38.5 Å². The lowest BCUT2D eigenvalue weighted by Crippen LogP contribution is -2.40. The third kappa shape index (κ3) is 3.11. The maximum Gasteiger partial charge on any atom is 0.331 e. The Morgan fingerprint density at radius 3 is 2.57 bits per heavy atom. The first-order chi connectivity index (χ1) is 9.95. The quantitative estimate of drug-likeness (QED) is 0.829. The molecule has 0 spiro atoms. The van der Waals surface area contributed by atoms with Crippen LogP contribution in [0.1, 0.15) is 5.56 Å². The largest absolute Gasteiger partial charge is 0.331 e. The molecule has 2 aromatic rings. The molecule has 1 heterocycles. The average Bonchev–Trinajstić information content (AvgIpc) is 2.46. The summed E-state index contributed by atoms with van der Waals surface area (Å²) in [4.78, 5) is 23.7. The van der Waals surface area contributed by atoms with E-state index in [1.165, 1.54) is 12.3 Å². The van der Waals surface area contributed by atoms with Gasteiger partial charge in [-0.3, -0.25) is 13.9 Å². The van der Waals surface area contributed by atoms with Gasteiger partial charge in [-0.15, -0.1) is 0 Å². The van der Waals surface area contributed by atoms with E-state index < -0.39 is 22.9 Å². The van der Waals surface area contributed by atoms with Gasteiger partial charge in [-0.2, -0.15) is 0 Å². The van der Waals surface area contributed by atoms with Crippen LogP contribution in [-0.4, -0.2) is 15.7 Å². The zero-order valence-electron chi connectivity index (χ0n) is 10.9. The predicted molar refractivity (Wildman–Crippen MR) is 77.2 cm³/mol. The third-order valence-electron chi connectivity index (χ3n) is 2.96. The second kappa shape index (κ2) is 6.31. The first kappa shape index (κ1) is 15.6. The number of nitrogens with zero attached hydrogens (tertiary/aromatic N) is 2. The Morgan fingerprint density at radius 2 is 1.90 bits per heavy atom. The van der Waals surface area contributed by atoms with Crippen molar-refractivity contribution in [3.05, 3.63) is 66.9 Å². The molecule has 0 aliphatic heterocycles. The lowest BCUT2D eigenvalue weighted by Gasteiger charge is -2.11. The topological polar surface area (TPSA) is 70.0 Å². The number of benzene rings is 1. The Hall–Kier alpha value is -1.80. The van der Waals surface area contributed by atoms with Gasteiger partial charge in [0.2, 0.25) is 0 Å².